The summed E-state index contributed by atoms with van der Waals surface area (Å²) in [7, 11) is 0. The van der Waals surface area contributed by atoms with Gasteiger partial charge in [-0.2, -0.15) is 5.10 Å². The van der Waals surface area contributed by atoms with Crippen LogP contribution in [0.3, 0.4) is 0 Å². The van der Waals surface area contributed by atoms with Crippen LogP contribution >= 0.6 is 39.3 Å². The number of thioether (sulfide) groups is 1. The summed E-state index contributed by atoms with van der Waals surface area (Å²) in [5, 5.41) is 13.1. The molecule has 0 spiro atoms. The van der Waals surface area contributed by atoms with E-state index in [-0.39, 0.29) is 5.91 Å². The van der Waals surface area contributed by atoms with E-state index in [1.54, 1.807) is 40.8 Å². The highest BCUT2D eigenvalue weighted by Crippen LogP contribution is 2.26. The molecule has 0 aliphatic rings. The van der Waals surface area contributed by atoms with Crippen LogP contribution in [0.5, 0.6) is 0 Å². The number of nitrogens with one attached hydrogen (secondary N) is 2. The van der Waals surface area contributed by atoms with Gasteiger partial charge in [0.05, 0.1) is 28.7 Å². The number of hydrogen-bond donors (Lipinski definition) is 2. The molecule has 0 atom stereocenters. The van der Waals surface area contributed by atoms with E-state index in [1.165, 1.54) is 0 Å². The molecule has 2 aromatic heterocycles. The zero-order valence-electron chi connectivity index (χ0n) is 17.1. The highest BCUT2D eigenvalue weighted by Gasteiger charge is 2.15. The van der Waals surface area contributed by atoms with Gasteiger partial charge in [0.2, 0.25) is 0 Å². The van der Waals surface area contributed by atoms with E-state index in [4.69, 9.17) is 16.6 Å². The summed E-state index contributed by atoms with van der Waals surface area (Å²) >= 11 is 11.1. The Morgan fingerprint density at radius 1 is 1.30 bits per heavy atom. The molecule has 2 heterocycles. The molecule has 1 aromatic carbocycles. The normalized spacial score (nSPS) is 11.3. The fourth-order valence-electron chi connectivity index (χ4n) is 2.78. The van der Waals surface area contributed by atoms with E-state index in [9.17, 15) is 4.79 Å². The third-order valence-electron chi connectivity index (χ3n) is 4.14. The molecule has 0 bridgehead atoms. The molecule has 0 unspecified atom stereocenters. The average molecular weight is 512 g/mol. The Morgan fingerprint density at radius 2 is 2.10 bits per heavy atom. The second kappa shape index (κ2) is 10.5. The lowest BCUT2D eigenvalue weighted by Crippen LogP contribution is -2.27. The van der Waals surface area contributed by atoms with Gasteiger partial charge in [0.1, 0.15) is 5.82 Å². The van der Waals surface area contributed by atoms with Gasteiger partial charge >= 0.3 is 0 Å². The Kier molecular flexibility index (Phi) is 7.96. The van der Waals surface area contributed by atoms with E-state index in [2.05, 4.69) is 57.4 Å². The minimum Gasteiger partial charge on any atom is -0.369 e. The van der Waals surface area contributed by atoms with Crippen LogP contribution in [-0.2, 0) is 6.54 Å². The molecule has 160 valence electrons. The van der Waals surface area contributed by atoms with Gasteiger partial charge in [0.15, 0.2) is 10.8 Å². The molecular formula is C20H24BrClN6OS. The minimum absolute atomic E-state index is 0.228. The van der Waals surface area contributed by atoms with Crippen molar-refractivity contribution in [2.75, 3.05) is 18.4 Å². The summed E-state index contributed by atoms with van der Waals surface area (Å²) in [6.45, 7) is 8.03. The summed E-state index contributed by atoms with van der Waals surface area (Å²) in [5.41, 5.74) is 1.18. The average Bonchev–Trinajstić information content (AvgIpc) is 3.10. The maximum atomic E-state index is 12.5. The van der Waals surface area contributed by atoms with E-state index >= 15 is 0 Å². The topological polar surface area (TPSA) is 84.7 Å². The number of hydrogen-bond acceptors (Lipinski definition) is 6. The first-order chi connectivity index (χ1) is 14.4. The number of rotatable bonds is 9. The molecule has 7 nitrogen and oxygen atoms in total. The van der Waals surface area contributed by atoms with Crippen molar-refractivity contribution >= 4 is 62.1 Å². The lowest BCUT2D eigenvalue weighted by Gasteiger charge is -2.11. The highest BCUT2D eigenvalue weighted by atomic mass is 79.9. The summed E-state index contributed by atoms with van der Waals surface area (Å²) in [6, 6.07) is 5.19. The molecule has 10 heteroatoms. The number of halogens is 2. The fraction of sp³-hybridized carbons (Fsp3) is 0.400. The van der Waals surface area contributed by atoms with Crippen molar-refractivity contribution in [2.24, 2.45) is 0 Å². The van der Waals surface area contributed by atoms with Crippen LogP contribution in [0, 0.1) is 0 Å². The predicted octanol–water partition coefficient (Wildman–Crippen LogP) is 4.99. The zero-order valence-corrected chi connectivity index (χ0v) is 20.2. The highest BCUT2D eigenvalue weighted by molar-refractivity contribution is 9.10. The molecule has 0 aliphatic heterocycles. The van der Waals surface area contributed by atoms with Crippen molar-refractivity contribution in [3.8, 4) is 0 Å². The van der Waals surface area contributed by atoms with Crippen LogP contribution in [-0.4, -0.2) is 44.0 Å². The molecule has 0 fully saturated rings. The van der Waals surface area contributed by atoms with Crippen LogP contribution in [0.15, 0.2) is 34.0 Å². The monoisotopic (exact) mass is 510 g/mol. The van der Waals surface area contributed by atoms with Crippen molar-refractivity contribution < 1.29 is 4.79 Å². The molecular weight excluding hydrogens is 488 g/mol. The molecule has 0 aliphatic carbocycles. The molecule has 1 amide bonds. The number of nitrogens with zero attached hydrogens (tertiary/aromatic N) is 4. The Labute approximate surface area is 193 Å². The van der Waals surface area contributed by atoms with Crippen molar-refractivity contribution in [2.45, 2.75) is 44.1 Å². The van der Waals surface area contributed by atoms with Crippen molar-refractivity contribution in [3.63, 3.8) is 0 Å². The van der Waals surface area contributed by atoms with Gasteiger partial charge < -0.3 is 10.6 Å². The Balaban J connectivity index is 1.77. The van der Waals surface area contributed by atoms with Crippen molar-refractivity contribution in [1.29, 1.82) is 0 Å². The van der Waals surface area contributed by atoms with Crippen LogP contribution in [0.1, 0.15) is 37.6 Å². The van der Waals surface area contributed by atoms with Gasteiger partial charge in [-0.05, 0) is 24.6 Å². The lowest BCUT2D eigenvalue weighted by molar-refractivity contribution is 0.0952. The molecule has 2 N–H and O–H groups in total. The molecule has 0 saturated carbocycles. The number of carbonyl (C=O) groups is 1. The maximum Gasteiger partial charge on any atom is 0.252 e. The molecule has 30 heavy (non-hydrogen) atoms. The number of benzene rings is 1. The van der Waals surface area contributed by atoms with Gasteiger partial charge in [0, 0.05) is 22.8 Å². The van der Waals surface area contributed by atoms with Crippen molar-refractivity contribution in [1.82, 2.24) is 25.1 Å². The summed E-state index contributed by atoms with van der Waals surface area (Å²) in [5.74, 6) is 0.565. The first kappa shape index (κ1) is 22.8. The smallest absolute Gasteiger partial charge is 0.252 e. The van der Waals surface area contributed by atoms with Crippen LogP contribution in [0.2, 0.25) is 5.02 Å². The van der Waals surface area contributed by atoms with E-state index in [0.29, 0.717) is 34.1 Å². The number of fused-ring (bicyclic) bond motifs is 1. The van der Waals surface area contributed by atoms with Gasteiger partial charge in [-0.1, -0.05) is 60.1 Å². The largest absolute Gasteiger partial charge is 0.369 e. The van der Waals surface area contributed by atoms with Crippen LogP contribution in [0.25, 0.3) is 11.0 Å². The first-order valence-electron chi connectivity index (χ1n) is 9.76. The maximum absolute atomic E-state index is 12.5. The second-order valence-electron chi connectivity index (χ2n) is 6.93. The number of anilines is 1. The summed E-state index contributed by atoms with van der Waals surface area (Å²) in [4.78, 5) is 21.8. The molecule has 3 rings (SSSR count). The third-order valence-corrected chi connectivity index (χ3v) is 5.83. The standard InChI is InChI=1S/C20H24BrClN6OS/c1-4-7-23-17-15-11-25-28(18(15)27-20(26-17)30-12(2)3)9-8-24-19(29)14-10-13(21)5-6-16(14)22/h5-6,10-12H,4,7-9H2,1-3H3,(H,24,29)(H,23,26,27). The second-order valence-corrected chi connectivity index (χ2v) is 9.80. The Hall–Kier alpha value is -1.84. The van der Waals surface area contributed by atoms with Crippen molar-refractivity contribution in [3.05, 3.63) is 39.5 Å². The van der Waals surface area contributed by atoms with Crippen LogP contribution in [0.4, 0.5) is 5.82 Å². The van der Waals surface area contributed by atoms with E-state index < -0.39 is 0 Å². The fourth-order valence-corrected chi connectivity index (χ4v) is 4.05. The van der Waals surface area contributed by atoms with E-state index in [1.807, 2.05) is 0 Å². The zero-order chi connectivity index (χ0) is 21.7. The predicted molar refractivity (Wildman–Crippen MR) is 127 cm³/mol. The molecule has 3 aromatic rings. The summed E-state index contributed by atoms with van der Waals surface area (Å²) < 4.78 is 2.59. The number of carbonyl (C=O) groups excluding carboxylic acids is 1. The first-order valence-corrected chi connectivity index (χ1v) is 11.8. The van der Waals surface area contributed by atoms with Gasteiger partial charge in [0.25, 0.3) is 5.91 Å². The summed E-state index contributed by atoms with van der Waals surface area (Å²) in [6.07, 6.45) is 2.76. The van der Waals surface area contributed by atoms with Gasteiger partial charge in [-0.3, -0.25) is 4.79 Å². The van der Waals surface area contributed by atoms with Crippen LogP contribution < -0.4 is 10.6 Å². The van der Waals surface area contributed by atoms with Gasteiger partial charge in [-0.25, -0.2) is 14.6 Å². The Bertz CT molecular complexity index is 1040. The number of amides is 1. The SMILES string of the molecule is CCCNc1nc(SC(C)C)nc2c1cnn2CCNC(=O)c1cc(Br)ccc1Cl. The molecule has 0 saturated heterocycles. The lowest BCUT2D eigenvalue weighted by atomic mass is 10.2. The van der Waals surface area contributed by atoms with Gasteiger partial charge in [-0.15, -0.1) is 0 Å². The Morgan fingerprint density at radius 3 is 2.83 bits per heavy atom. The quantitative estimate of drug-likeness (QED) is 0.311. The minimum atomic E-state index is -0.228. The number of aromatic nitrogens is 4. The third kappa shape index (κ3) is 5.65. The molecule has 0 radical (unpaired) electrons. The van der Waals surface area contributed by atoms with E-state index in [0.717, 1.165) is 34.3 Å².